The van der Waals surface area contributed by atoms with Gasteiger partial charge in [-0.2, -0.15) is 0 Å². The molecule has 34 heteroatoms. The third-order valence-electron chi connectivity index (χ3n) is 15.5. The van der Waals surface area contributed by atoms with Gasteiger partial charge in [0.15, 0.2) is 18.9 Å². The van der Waals surface area contributed by atoms with E-state index in [-0.39, 0.29) is 13.0 Å². The molecule has 25 N–H and O–H groups in total. The average molecular weight is 1180 g/mol. The first-order valence-electron chi connectivity index (χ1n) is 26.8. The van der Waals surface area contributed by atoms with E-state index in [4.69, 9.17) is 48.4 Å². The Morgan fingerprint density at radius 1 is 0.350 bits per heavy atom. The lowest BCUT2D eigenvalue weighted by Crippen LogP contribution is -2.75. The van der Waals surface area contributed by atoms with Gasteiger partial charge in [0.2, 0.25) is 0 Å². The molecule has 0 aliphatic carbocycles. The van der Waals surface area contributed by atoms with E-state index in [0.717, 1.165) is 11.3 Å². The van der Waals surface area contributed by atoms with E-state index in [2.05, 4.69) is 10.6 Å². The second-order valence-corrected chi connectivity index (χ2v) is 20.8. The molecule has 6 aliphatic heterocycles. The van der Waals surface area contributed by atoms with Crippen molar-refractivity contribution in [3.63, 3.8) is 0 Å². The number of hydrogen-bond acceptors (Lipinski definition) is 34. The Morgan fingerprint density at radius 2 is 0.675 bits per heavy atom. The number of nitrogens with zero attached hydrogens (tertiary/aromatic N) is 1. The van der Waals surface area contributed by atoms with Crippen molar-refractivity contribution < 1.29 is 150 Å². The van der Waals surface area contributed by atoms with Gasteiger partial charge in [0.1, 0.15) is 165 Å². The Kier molecular flexibility index (Phi) is 26.5. The number of aliphatic hydroxyl groups excluding tert-OH is 21. The van der Waals surface area contributed by atoms with Crippen LogP contribution in [-0.2, 0) is 42.6 Å². The van der Waals surface area contributed by atoms with Crippen molar-refractivity contribution in [2.75, 3.05) is 72.4 Å². The summed E-state index contributed by atoms with van der Waals surface area (Å²) < 4.78 is 52.6. The summed E-state index contributed by atoms with van der Waals surface area (Å²) in [6.45, 7) is -3.91. The minimum absolute atomic E-state index is 0.0890. The van der Waals surface area contributed by atoms with Crippen molar-refractivity contribution in [2.24, 2.45) is 5.73 Å². The van der Waals surface area contributed by atoms with Gasteiger partial charge < -0.3 is 166 Å². The molecule has 0 bridgehead atoms. The fourth-order valence-corrected chi connectivity index (χ4v) is 10.8. The highest BCUT2D eigenvalue weighted by atomic mass is 16.7. The van der Waals surface area contributed by atoms with Gasteiger partial charge >= 0.3 is 0 Å². The lowest BCUT2D eigenvalue weighted by atomic mass is 9.86. The summed E-state index contributed by atoms with van der Waals surface area (Å²) in [5, 5.41) is 236. The highest BCUT2D eigenvalue weighted by Gasteiger charge is 2.61. The Bertz CT molecular complexity index is 1700. The first-order chi connectivity index (χ1) is 38.1. The third kappa shape index (κ3) is 15.1. The molecule has 0 saturated carbocycles. The Labute approximate surface area is 458 Å². The average Bonchev–Trinajstić information content (AvgIpc) is 3.45. The van der Waals surface area contributed by atoms with Crippen molar-refractivity contribution in [3.05, 3.63) is 0 Å². The van der Waals surface area contributed by atoms with Gasteiger partial charge in [-0.15, -0.1) is 0 Å². The van der Waals surface area contributed by atoms with Gasteiger partial charge in [0.05, 0.1) is 39.6 Å². The summed E-state index contributed by atoms with van der Waals surface area (Å²) >= 11 is 0. The fraction of sp³-hybridized carbons (Fsp3) is 1.00. The van der Waals surface area contributed by atoms with Crippen LogP contribution in [0.5, 0.6) is 0 Å². The second kappa shape index (κ2) is 31.3. The lowest BCUT2D eigenvalue weighted by molar-refractivity contribution is -0.379. The normalized spacial score (nSPS) is 47.1. The standard InChI is InChI=1S/C46H86N4O30/c47-5-3-8-48-6-1-2-7-49-9-4-16(38-29(63)30(64)39(20(13-54)72-38)78-44-35(69)26(60)23(57)17(10-51)75-44)50(42-33(67)31(65)40(21(14-55)73-42)79-45-36(70)27(61)24(58)18(11-52)76-45)43-34(68)32(66)41(22(15-56)74-43)80-46-37(71)28(62)25(59)19(12-53)77-46/h16-46,48-49,51-71H,1-15,47H2/t16?,17-,18-,19-,20-,21-,22-,23+,24+,25+,26+,27+,28+,29-,30-,31-,32-,33-,34-,35-,36-,37-,38?,39-,40-,41-,42?,43?,44+,45+,46+/m1/s1. The second-order valence-electron chi connectivity index (χ2n) is 20.8. The summed E-state index contributed by atoms with van der Waals surface area (Å²) in [5.41, 5.74) is 5.58. The lowest BCUT2D eigenvalue weighted by Gasteiger charge is -2.56. The van der Waals surface area contributed by atoms with E-state index in [1.807, 2.05) is 0 Å². The molecule has 6 fully saturated rings. The van der Waals surface area contributed by atoms with Crippen molar-refractivity contribution >= 4 is 0 Å². The number of aliphatic hydroxyl groups is 21. The molecule has 0 radical (unpaired) electrons. The summed E-state index contributed by atoms with van der Waals surface area (Å²) in [5.74, 6) is 0. The van der Waals surface area contributed by atoms with Gasteiger partial charge in [0, 0.05) is 6.04 Å². The van der Waals surface area contributed by atoms with E-state index >= 15 is 0 Å². The molecule has 4 unspecified atom stereocenters. The smallest absolute Gasteiger partial charge is 0.187 e. The first-order valence-corrected chi connectivity index (χ1v) is 26.8. The van der Waals surface area contributed by atoms with Crippen LogP contribution >= 0.6 is 0 Å². The predicted octanol–water partition coefficient (Wildman–Crippen LogP) is -14.7. The Morgan fingerprint density at radius 3 is 1.02 bits per heavy atom. The zero-order valence-electron chi connectivity index (χ0n) is 43.6. The molecule has 34 nitrogen and oxygen atoms in total. The molecule has 0 aromatic rings. The maximum Gasteiger partial charge on any atom is 0.187 e. The number of hydrogen-bond donors (Lipinski definition) is 24. The molecule has 6 aliphatic rings. The molecule has 0 aromatic heterocycles. The zero-order valence-corrected chi connectivity index (χ0v) is 43.6. The minimum Gasteiger partial charge on any atom is -0.394 e. The van der Waals surface area contributed by atoms with E-state index in [0.29, 0.717) is 39.0 Å². The summed E-state index contributed by atoms with van der Waals surface area (Å²) in [4.78, 5) is 0.915. The fourth-order valence-electron chi connectivity index (χ4n) is 10.8. The molecule has 0 spiro atoms. The summed E-state index contributed by atoms with van der Waals surface area (Å²) in [6, 6.07) is -1.70. The molecule has 0 aromatic carbocycles. The predicted molar refractivity (Wildman–Crippen MR) is 258 cm³/mol. The van der Waals surface area contributed by atoms with Crippen LogP contribution in [0.25, 0.3) is 0 Å². The van der Waals surface area contributed by atoms with Crippen LogP contribution in [0.3, 0.4) is 0 Å². The molecule has 6 rings (SSSR count). The molecule has 6 heterocycles. The number of nitrogens with two attached hydrogens (primary N) is 1. The number of nitrogens with one attached hydrogen (secondary N) is 2. The SMILES string of the molecule is NCCCNCCCCNCCC(C1O[C@H](CO)[C@@H](O[C@@H]2O[C@H](CO)[C@H](O)[C@H](O)[C@H]2O)[C@H](O)[C@H]1O)N(C1O[C@H](CO)[C@@H](O[C@@H]2O[C@H](CO)[C@H](O)[C@H](O)[C@H]2O)[C@H](O)[C@H]1O)C1O[C@H](CO)[C@@H](O[C@@H]2O[C@H](CO)[C@H](O)[C@H](O)[C@H]2O)[C@H](O)[C@H]1O. The molecule has 470 valence electrons. The first kappa shape index (κ1) is 67.8. The van der Waals surface area contributed by atoms with Crippen LogP contribution in [0.2, 0.25) is 0 Å². The molecule has 80 heavy (non-hydrogen) atoms. The van der Waals surface area contributed by atoms with Crippen LogP contribution in [0.1, 0.15) is 25.7 Å². The number of rotatable bonds is 27. The third-order valence-corrected chi connectivity index (χ3v) is 15.5. The Balaban J connectivity index is 1.39. The maximum absolute atomic E-state index is 12.3. The van der Waals surface area contributed by atoms with Crippen molar-refractivity contribution in [1.82, 2.24) is 15.5 Å². The monoisotopic (exact) mass is 1170 g/mol. The number of unbranched alkanes of at least 4 members (excludes halogenated alkanes) is 1. The quantitative estimate of drug-likeness (QED) is 0.0340. The van der Waals surface area contributed by atoms with E-state index in [1.54, 1.807) is 0 Å². The van der Waals surface area contributed by atoms with Crippen LogP contribution in [0.4, 0.5) is 0 Å². The maximum atomic E-state index is 12.3. The number of ether oxygens (including phenoxy) is 9. The van der Waals surface area contributed by atoms with Crippen molar-refractivity contribution in [1.29, 1.82) is 0 Å². The molecule has 0 amide bonds. The summed E-state index contributed by atoms with van der Waals surface area (Å²) in [7, 11) is 0. The van der Waals surface area contributed by atoms with Crippen LogP contribution in [0, 0.1) is 0 Å². The molecule has 6 saturated heterocycles. The van der Waals surface area contributed by atoms with Gasteiger partial charge in [0.25, 0.3) is 0 Å². The van der Waals surface area contributed by atoms with Gasteiger partial charge in [-0.25, -0.2) is 4.90 Å². The Hall–Kier alpha value is -1.36. The van der Waals surface area contributed by atoms with Crippen molar-refractivity contribution in [2.45, 2.75) is 216 Å². The van der Waals surface area contributed by atoms with E-state index < -0.39 is 230 Å². The van der Waals surface area contributed by atoms with Gasteiger partial charge in [-0.1, -0.05) is 0 Å². The molecule has 31 atom stereocenters. The summed E-state index contributed by atoms with van der Waals surface area (Å²) in [6.07, 6.45) is -57.5. The van der Waals surface area contributed by atoms with E-state index in [9.17, 15) is 107 Å². The van der Waals surface area contributed by atoms with E-state index in [1.165, 1.54) is 0 Å². The van der Waals surface area contributed by atoms with Crippen LogP contribution in [-0.4, -0.2) is 374 Å². The molecular formula is C46H86N4O30. The molecular weight excluding hydrogens is 1090 g/mol. The zero-order chi connectivity index (χ0) is 58.9. The highest BCUT2D eigenvalue weighted by molar-refractivity contribution is 5.06. The topological polar surface area (TPSA) is 561 Å². The van der Waals surface area contributed by atoms with Gasteiger partial charge in [-0.3, -0.25) is 0 Å². The highest BCUT2D eigenvalue weighted by Crippen LogP contribution is 2.40. The minimum atomic E-state index is -2.36. The van der Waals surface area contributed by atoms with Gasteiger partial charge in [-0.05, 0) is 58.4 Å². The largest absolute Gasteiger partial charge is 0.394 e. The van der Waals surface area contributed by atoms with Crippen LogP contribution in [0.15, 0.2) is 0 Å². The van der Waals surface area contributed by atoms with Crippen LogP contribution < -0.4 is 16.4 Å². The van der Waals surface area contributed by atoms with Crippen molar-refractivity contribution in [3.8, 4) is 0 Å².